The van der Waals surface area contributed by atoms with Crippen molar-refractivity contribution in [1.29, 1.82) is 0 Å². The molecule has 0 unspecified atom stereocenters. The van der Waals surface area contributed by atoms with E-state index in [1.54, 1.807) is 43.3 Å². The summed E-state index contributed by atoms with van der Waals surface area (Å²) in [5.74, 6) is -2.89. The fourth-order valence-corrected chi connectivity index (χ4v) is 5.59. The van der Waals surface area contributed by atoms with E-state index in [1.165, 1.54) is 46.5 Å². The summed E-state index contributed by atoms with van der Waals surface area (Å²) in [6, 6.07) is 8.15. The molecule has 0 saturated carbocycles. The first kappa shape index (κ1) is 30.1. The maximum atomic E-state index is 15.2. The van der Waals surface area contributed by atoms with Crippen LogP contribution in [0.3, 0.4) is 0 Å². The maximum absolute atomic E-state index is 15.2. The van der Waals surface area contributed by atoms with Crippen LogP contribution in [0.1, 0.15) is 49.7 Å². The third kappa shape index (κ3) is 7.34. The van der Waals surface area contributed by atoms with E-state index in [0.717, 1.165) is 6.07 Å². The number of aromatic nitrogens is 3. The molecule has 1 atom stereocenters. The summed E-state index contributed by atoms with van der Waals surface area (Å²) in [6.45, 7) is 6.25. The van der Waals surface area contributed by atoms with Crippen molar-refractivity contribution in [3.05, 3.63) is 82.9 Å². The Bertz CT molecular complexity index is 1630. The van der Waals surface area contributed by atoms with Gasteiger partial charge in [0.1, 0.15) is 22.1 Å². The third-order valence-corrected chi connectivity index (χ3v) is 7.57. The normalized spacial score (nSPS) is 15.3. The summed E-state index contributed by atoms with van der Waals surface area (Å²) in [6.07, 6.45) is 4.04. The van der Waals surface area contributed by atoms with Crippen LogP contribution in [0.2, 0.25) is 0 Å². The molecule has 226 valence electrons. The predicted octanol–water partition coefficient (Wildman–Crippen LogP) is 6.22. The van der Waals surface area contributed by atoms with Crippen molar-refractivity contribution < 1.29 is 27.5 Å². The van der Waals surface area contributed by atoms with Crippen molar-refractivity contribution in [2.45, 2.75) is 51.8 Å². The Kier molecular flexibility index (Phi) is 8.71. The largest absolute Gasteiger partial charge is 0.444 e. The van der Waals surface area contributed by atoms with Crippen LogP contribution in [0.25, 0.3) is 10.6 Å². The van der Waals surface area contributed by atoms with Crippen molar-refractivity contribution in [3.8, 4) is 10.6 Å². The van der Waals surface area contributed by atoms with Crippen molar-refractivity contribution in [1.82, 2.24) is 20.1 Å². The number of alkyl carbamates (subject to hydrolysis) is 1. The first-order valence-electron chi connectivity index (χ1n) is 13.7. The number of benzene rings is 2. The molecule has 0 bridgehead atoms. The van der Waals surface area contributed by atoms with Crippen LogP contribution in [-0.4, -0.2) is 51.5 Å². The highest BCUT2D eigenvalue weighted by molar-refractivity contribution is 7.13. The molecule has 0 radical (unpaired) electrons. The number of halogens is 3. The van der Waals surface area contributed by atoms with E-state index in [9.17, 15) is 18.4 Å². The van der Waals surface area contributed by atoms with E-state index in [-0.39, 0.29) is 35.2 Å². The molecule has 2 aromatic carbocycles. The van der Waals surface area contributed by atoms with E-state index in [2.05, 4.69) is 20.7 Å². The Hall–Kier alpha value is -4.39. The van der Waals surface area contributed by atoms with Gasteiger partial charge in [0.2, 0.25) is 0 Å². The van der Waals surface area contributed by atoms with Crippen molar-refractivity contribution >= 4 is 34.7 Å². The molecule has 2 N–H and O–H groups in total. The predicted molar refractivity (Wildman–Crippen MR) is 158 cm³/mol. The van der Waals surface area contributed by atoms with Gasteiger partial charge in [-0.1, -0.05) is 18.2 Å². The Morgan fingerprint density at radius 3 is 2.67 bits per heavy atom. The van der Waals surface area contributed by atoms with Crippen LogP contribution in [0.15, 0.2) is 54.2 Å². The molecular formula is C30H31F3N6O3S. The second-order valence-corrected chi connectivity index (χ2v) is 12.1. The minimum Gasteiger partial charge on any atom is -0.444 e. The standard InChI is InChI=1S/C30H31F3N6O3S/c1-30(2,3)42-29(41)35-20-8-6-12-38(16-20)26-22(32)10-5-11-23(26)36-27(40)24-17-43-28(37-24)19-13-34-39(15-19)14-18-7-4-9-21(31)25(18)33/h4-5,7,9-11,13,15,17,20H,6,8,12,14,16H2,1-3H3,(H,35,41)(H,36,40)/t20-/m1/s1. The highest BCUT2D eigenvalue weighted by Crippen LogP contribution is 2.32. The Morgan fingerprint density at radius 2 is 1.88 bits per heavy atom. The fraction of sp³-hybridized carbons (Fsp3) is 0.333. The molecule has 43 heavy (non-hydrogen) atoms. The zero-order chi connectivity index (χ0) is 30.7. The van der Waals surface area contributed by atoms with Gasteiger partial charge in [0, 0.05) is 41.8 Å². The van der Waals surface area contributed by atoms with Gasteiger partial charge >= 0.3 is 6.09 Å². The van der Waals surface area contributed by atoms with Gasteiger partial charge in [0.05, 0.1) is 24.1 Å². The number of para-hydroxylation sites is 1. The summed E-state index contributed by atoms with van der Waals surface area (Å²) < 4.78 is 49.6. The van der Waals surface area contributed by atoms with Crippen LogP contribution in [0, 0.1) is 17.5 Å². The molecule has 2 amide bonds. The smallest absolute Gasteiger partial charge is 0.407 e. The lowest BCUT2D eigenvalue weighted by Crippen LogP contribution is -2.49. The molecule has 9 nitrogen and oxygen atoms in total. The molecule has 0 aliphatic carbocycles. The van der Waals surface area contributed by atoms with Gasteiger partial charge in [-0.25, -0.2) is 22.9 Å². The highest BCUT2D eigenvalue weighted by Gasteiger charge is 2.28. The van der Waals surface area contributed by atoms with Crippen molar-refractivity contribution in [2.75, 3.05) is 23.3 Å². The van der Waals surface area contributed by atoms with E-state index < -0.39 is 35.1 Å². The van der Waals surface area contributed by atoms with Crippen LogP contribution in [0.5, 0.6) is 0 Å². The number of rotatable bonds is 7. The Balaban J connectivity index is 1.27. The Labute approximate surface area is 250 Å². The lowest BCUT2D eigenvalue weighted by atomic mass is 10.0. The molecule has 4 aromatic rings. The third-order valence-electron chi connectivity index (χ3n) is 6.67. The number of carbonyl (C=O) groups is 2. The monoisotopic (exact) mass is 612 g/mol. The molecule has 1 aliphatic heterocycles. The average molecular weight is 613 g/mol. The minimum absolute atomic E-state index is 0.0231. The second-order valence-electron chi connectivity index (χ2n) is 11.2. The number of anilines is 2. The van der Waals surface area contributed by atoms with E-state index in [4.69, 9.17) is 4.74 Å². The number of hydrogen-bond acceptors (Lipinski definition) is 7. The topological polar surface area (TPSA) is 101 Å². The van der Waals surface area contributed by atoms with Gasteiger partial charge in [0.25, 0.3) is 5.91 Å². The van der Waals surface area contributed by atoms with Gasteiger partial charge in [-0.15, -0.1) is 11.3 Å². The number of ether oxygens (including phenoxy) is 1. The average Bonchev–Trinajstić information content (AvgIpc) is 3.61. The summed E-state index contributed by atoms with van der Waals surface area (Å²) >= 11 is 1.22. The van der Waals surface area contributed by atoms with Crippen LogP contribution in [0.4, 0.5) is 29.3 Å². The quantitative estimate of drug-likeness (QED) is 0.257. The number of carbonyl (C=O) groups excluding carboxylic acids is 2. The summed E-state index contributed by atoms with van der Waals surface area (Å²) in [4.78, 5) is 31.7. The van der Waals surface area contributed by atoms with Gasteiger partial charge in [0.15, 0.2) is 11.6 Å². The molecule has 13 heteroatoms. The lowest BCUT2D eigenvalue weighted by molar-refractivity contribution is 0.0500. The molecule has 0 spiro atoms. The molecular weight excluding hydrogens is 581 g/mol. The van der Waals surface area contributed by atoms with Gasteiger partial charge in [-0.3, -0.25) is 9.48 Å². The van der Waals surface area contributed by atoms with Crippen LogP contribution in [-0.2, 0) is 11.3 Å². The Morgan fingerprint density at radius 1 is 1.12 bits per heavy atom. The second kappa shape index (κ2) is 12.5. The zero-order valence-electron chi connectivity index (χ0n) is 23.9. The lowest BCUT2D eigenvalue weighted by Gasteiger charge is -2.36. The fourth-order valence-electron chi connectivity index (χ4n) is 4.81. The first-order chi connectivity index (χ1) is 20.5. The molecule has 3 heterocycles. The van der Waals surface area contributed by atoms with E-state index in [1.807, 2.05) is 0 Å². The number of piperidine rings is 1. The molecule has 1 fully saturated rings. The number of hydrogen-bond donors (Lipinski definition) is 2. The number of thiazole rings is 1. The van der Waals surface area contributed by atoms with E-state index in [0.29, 0.717) is 36.5 Å². The number of amides is 2. The van der Waals surface area contributed by atoms with Crippen LogP contribution < -0.4 is 15.5 Å². The van der Waals surface area contributed by atoms with Gasteiger partial charge in [-0.05, 0) is 51.8 Å². The summed E-state index contributed by atoms with van der Waals surface area (Å²) in [7, 11) is 0. The molecule has 2 aromatic heterocycles. The summed E-state index contributed by atoms with van der Waals surface area (Å²) in [5, 5.41) is 11.9. The van der Waals surface area contributed by atoms with E-state index >= 15 is 4.39 Å². The molecule has 1 aliphatic rings. The highest BCUT2D eigenvalue weighted by atomic mass is 32.1. The molecule has 5 rings (SSSR count). The summed E-state index contributed by atoms with van der Waals surface area (Å²) in [5.41, 5.74) is 0.752. The van der Waals surface area contributed by atoms with Crippen molar-refractivity contribution in [3.63, 3.8) is 0 Å². The van der Waals surface area contributed by atoms with Gasteiger partial charge in [-0.2, -0.15) is 5.10 Å². The molecule has 1 saturated heterocycles. The van der Waals surface area contributed by atoms with Crippen LogP contribution >= 0.6 is 11.3 Å². The van der Waals surface area contributed by atoms with Crippen molar-refractivity contribution in [2.24, 2.45) is 0 Å². The zero-order valence-corrected chi connectivity index (χ0v) is 24.7. The number of nitrogens with zero attached hydrogens (tertiary/aromatic N) is 4. The minimum atomic E-state index is -0.931. The van der Waals surface area contributed by atoms with Gasteiger partial charge < -0.3 is 20.3 Å². The SMILES string of the molecule is CC(C)(C)OC(=O)N[C@@H]1CCCN(c2c(F)cccc2NC(=O)c2csc(-c3cnn(Cc4cccc(F)c4F)c3)n2)C1. The first-order valence-corrected chi connectivity index (χ1v) is 14.6. The maximum Gasteiger partial charge on any atom is 0.407 e. The number of nitrogens with one attached hydrogen (secondary N) is 2.